The van der Waals surface area contributed by atoms with Crippen molar-refractivity contribution in [3.63, 3.8) is 0 Å². The third-order valence-electron chi connectivity index (χ3n) is 4.67. The Morgan fingerprint density at radius 2 is 2.09 bits per heavy atom. The Bertz CT molecular complexity index is 512. The Kier molecular flexibility index (Phi) is 5.98. The van der Waals surface area contributed by atoms with Crippen LogP contribution in [0, 0.1) is 5.92 Å². The van der Waals surface area contributed by atoms with Crippen LogP contribution < -0.4 is 10.6 Å². The molecular formula is C18H28N2O2. The van der Waals surface area contributed by atoms with Crippen molar-refractivity contribution in [3.05, 3.63) is 29.3 Å². The summed E-state index contributed by atoms with van der Waals surface area (Å²) in [6, 6.07) is 5.98. The first-order valence-corrected chi connectivity index (χ1v) is 8.44. The van der Waals surface area contributed by atoms with Crippen molar-refractivity contribution in [2.75, 3.05) is 18.0 Å². The molecule has 0 aliphatic carbocycles. The van der Waals surface area contributed by atoms with Crippen LogP contribution in [0.5, 0.6) is 0 Å². The predicted octanol–water partition coefficient (Wildman–Crippen LogP) is 2.78. The van der Waals surface area contributed by atoms with Gasteiger partial charge in [-0.25, -0.2) is 0 Å². The molecule has 1 unspecified atom stereocenters. The molecule has 3 N–H and O–H groups in total. The van der Waals surface area contributed by atoms with Crippen molar-refractivity contribution in [1.82, 2.24) is 0 Å². The lowest BCUT2D eigenvalue weighted by molar-refractivity contribution is -0.122. The molecule has 1 atom stereocenters. The lowest BCUT2D eigenvalue weighted by Gasteiger charge is -2.23. The van der Waals surface area contributed by atoms with Crippen LogP contribution in [0.4, 0.5) is 5.69 Å². The lowest BCUT2D eigenvalue weighted by atomic mass is 10.00. The fourth-order valence-corrected chi connectivity index (χ4v) is 3.19. The van der Waals surface area contributed by atoms with Crippen molar-refractivity contribution in [1.29, 1.82) is 0 Å². The number of aliphatic hydroxyl groups excluding tert-OH is 1. The highest BCUT2D eigenvalue weighted by Gasteiger charge is 2.28. The van der Waals surface area contributed by atoms with E-state index < -0.39 is 6.10 Å². The highest BCUT2D eigenvalue weighted by atomic mass is 16.3. The second-order valence-corrected chi connectivity index (χ2v) is 6.09. The molecule has 1 aliphatic rings. The number of nitrogens with zero attached hydrogens (tertiary/aromatic N) is 1. The molecule has 1 aromatic rings. The first-order chi connectivity index (χ1) is 10.6. The molecule has 0 fully saturated rings. The summed E-state index contributed by atoms with van der Waals surface area (Å²) in [6.45, 7) is 5.49. The predicted molar refractivity (Wildman–Crippen MR) is 89.8 cm³/mol. The van der Waals surface area contributed by atoms with Crippen molar-refractivity contribution >= 4 is 11.6 Å². The number of fused-ring (bicyclic) bond motifs is 1. The summed E-state index contributed by atoms with van der Waals surface area (Å²) in [7, 11) is 0. The second-order valence-electron chi connectivity index (χ2n) is 6.09. The van der Waals surface area contributed by atoms with Crippen LogP contribution in [-0.4, -0.2) is 24.1 Å². The molecule has 1 aliphatic heterocycles. The summed E-state index contributed by atoms with van der Waals surface area (Å²) in [5.74, 6) is 0.348. The molecule has 0 spiro atoms. The van der Waals surface area contributed by atoms with Gasteiger partial charge in [0.05, 0.1) is 6.10 Å². The monoisotopic (exact) mass is 304 g/mol. The van der Waals surface area contributed by atoms with Gasteiger partial charge < -0.3 is 15.7 Å². The van der Waals surface area contributed by atoms with E-state index >= 15 is 0 Å². The van der Waals surface area contributed by atoms with Crippen LogP contribution >= 0.6 is 0 Å². The van der Waals surface area contributed by atoms with E-state index in [4.69, 9.17) is 5.73 Å². The van der Waals surface area contributed by atoms with E-state index in [0.717, 1.165) is 43.5 Å². The van der Waals surface area contributed by atoms with Gasteiger partial charge in [-0.2, -0.15) is 0 Å². The number of carbonyl (C=O) groups excluding carboxylic acids is 1. The maximum absolute atomic E-state index is 12.6. The Hall–Kier alpha value is -1.39. The van der Waals surface area contributed by atoms with Gasteiger partial charge >= 0.3 is 0 Å². The molecular weight excluding hydrogens is 276 g/mol. The van der Waals surface area contributed by atoms with E-state index in [9.17, 15) is 9.90 Å². The van der Waals surface area contributed by atoms with Crippen LogP contribution in [0.15, 0.2) is 18.2 Å². The van der Waals surface area contributed by atoms with E-state index in [1.165, 1.54) is 5.56 Å². The number of hydrogen-bond donors (Lipinski definition) is 2. The molecule has 1 amide bonds. The molecule has 1 heterocycles. The summed E-state index contributed by atoms with van der Waals surface area (Å²) in [6.07, 6.45) is 3.69. The average Bonchev–Trinajstić information content (AvgIpc) is 2.96. The third kappa shape index (κ3) is 3.50. The smallest absolute Gasteiger partial charge is 0.230 e. The number of amides is 1. The number of carbonyl (C=O) groups is 1. The SMILES string of the molecule is CCC(CC)C(=O)N1CCc2cc(C(O)CCCN)ccc21. The quantitative estimate of drug-likeness (QED) is 0.814. The van der Waals surface area contributed by atoms with Crippen molar-refractivity contribution < 1.29 is 9.90 Å². The van der Waals surface area contributed by atoms with Crippen LogP contribution in [0.25, 0.3) is 0 Å². The molecule has 2 rings (SSSR count). The summed E-state index contributed by atoms with van der Waals surface area (Å²) in [4.78, 5) is 14.5. The zero-order valence-corrected chi connectivity index (χ0v) is 13.7. The molecule has 22 heavy (non-hydrogen) atoms. The zero-order valence-electron chi connectivity index (χ0n) is 13.7. The number of nitrogens with two attached hydrogens (primary N) is 1. The van der Waals surface area contributed by atoms with E-state index in [0.29, 0.717) is 13.0 Å². The number of hydrogen-bond acceptors (Lipinski definition) is 3. The maximum atomic E-state index is 12.6. The molecule has 0 radical (unpaired) electrons. The highest BCUT2D eigenvalue weighted by Crippen LogP contribution is 2.33. The van der Waals surface area contributed by atoms with Gasteiger partial charge in [0.1, 0.15) is 0 Å². The van der Waals surface area contributed by atoms with Gasteiger partial charge in [0.25, 0.3) is 0 Å². The minimum atomic E-state index is -0.461. The van der Waals surface area contributed by atoms with Gasteiger partial charge in [-0.1, -0.05) is 26.0 Å². The molecule has 0 saturated heterocycles. The van der Waals surface area contributed by atoms with Gasteiger partial charge in [-0.15, -0.1) is 0 Å². The molecule has 4 heteroatoms. The number of aliphatic hydroxyl groups is 1. The van der Waals surface area contributed by atoms with E-state index in [1.807, 2.05) is 17.0 Å². The van der Waals surface area contributed by atoms with Gasteiger partial charge in [-0.05, 0) is 55.8 Å². The third-order valence-corrected chi connectivity index (χ3v) is 4.67. The van der Waals surface area contributed by atoms with E-state index in [1.54, 1.807) is 0 Å². The van der Waals surface area contributed by atoms with E-state index in [-0.39, 0.29) is 11.8 Å². The number of anilines is 1. The van der Waals surface area contributed by atoms with Gasteiger partial charge in [0.15, 0.2) is 0 Å². The Morgan fingerprint density at radius 1 is 1.36 bits per heavy atom. The molecule has 122 valence electrons. The molecule has 1 aromatic carbocycles. The Balaban J connectivity index is 2.15. The Labute approximate surface area is 133 Å². The normalized spacial score (nSPS) is 15.2. The van der Waals surface area contributed by atoms with Crippen LogP contribution in [0.1, 0.15) is 56.8 Å². The minimum Gasteiger partial charge on any atom is -0.388 e. The molecule has 0 saturated carbocycles. The van der Waals surface area contributed by atoms with Gasteiger partial charge in [0, 0.05) is 18.2 Å². The summed E-state index contributed by atoms with van der Waals surface area (Å²) in [5, 5.41) is 10.2. The van der Waals surface area contributed by atoms with Crippen LogP contribution in [-0.2, 0) is 11.2 Å². The fourth-order valence-electron chi connectivity index (χ4n) is 3.19. The van der Waals surface area contributed by atoms with Crippen molar-refractivity contribution in [2.45, 2.75) is 52.1 Å². The summed E-state index contributed by atoms with van der Waals surface area (Å²) in [5.41, 5.74) is 8.62. The standard InChI is InChI=1S/C18H28N2O2/c1-3-13(4-2)18(22)20-11-9-14-12-15(7-8-16(14)20)17(21)6-5-10-19/h7-8,12-13,17,21H,3-6,9-11,19H2,1-2H3. The lowest BCUT2D eigenvalue weighted by Crippen LogP contribution is -2.34. The second kappa shape index (κ2) is 7.75. The summed E-state index contributed by atoms with van der Waals surface area (Å²) < 4.78 is 0. The first kappa shape index (κ1) is 17.0. The summed E-state index contributed by atoms with van der Waals surface area (Å²) >= 11 is 0. The first-order valence-electron chi connectivity index (χ1n) is 8.44. The maximum Gasteiger partial charge on any atom is 0.230 e. The molecule has 0 aromatic heterocycles. The zero-order chi connectivity index (χ0) is 16.1. The van der Waals surface area contributed by atoms with Gasteiger partial charge in [-0.3, -0.25) is 4.79 Å². The van der Waals surface area contributed by atoms with Crippen LogP contribution in [0.2, 0.25) is 0 Å². The minimum absolute atomic E-state index is 0.112. The molecule has 0 bridgehead atoms. The Morgan fingerprint density at radius 3 is 2.73 bits per heavy atom. The number of benzene rings is 1. The molecule has 4 nitrogen and oxygen atoms in total. The van der Waals surface area contributed by atoms with Crippen molar-refractivity contribution in [2.24, 2.45) is 11.7 Å². The topological polar surface area (TPSA) is 66.6 Å². The van der Waals surface area contributed by atoms with Gasteiger partial charge in [0.2, 0.25) is 5.91 Å². The average molecular weight is 304 g/mol. The number of rotatable bonds is 7. The highest BCUT2D eigenvalue weighted by molar-refractivity contribution is 5.97. The van der Waals surface area contributed by atoms with Crippen molar-refractivity contribution in [3.8, 4) is 0 Å². The van der Waals surface area contributed by atoms with E-state index in [2.05, 4.69) is 19.9 Å². The van der Waals surface area contributed by atoms with Crippen LogP contribution in [0.3, 0.4) is 0 Å². The largest absolute Gasteiger partial charge is 0.388 e. The fraction of sp³-hybridized carbons (Fsp3) is 0.611.